The highest BCUT2D eigenvalue weighted by Gasteiger charge is 2.26. The number of hydrogen-bond acceptors (Lipinski definition) is 4. The molecule has 2 atom stereocenters. The first kappa shape index (κ1) is 17.4. The van der Waals surface area contributed by atoms with Gasteiger partial charge in [0.05, 0.1) is 4.92 Å². The summed E-state index contributed by atoms with van der Waals surface area (Å²) in [5.74, 6) is 0.224. The van der Waals surface area contributed by atoms with E-state index in [0.29, 0.717) is 12.3 Å². The van der Waals surface area contributed by atoms with Gasteiger partial charge in [0.2, 0.25) is 5.91 Å². The summed E-state index contributed by atoms with van der Waals surface area (Å²) in [5, 5.41) is 11.0. The molecule has 23 heavy (non-hydrogen) atoms. The van der Waals surface area contributed by atoms with Crippen LogP contribution in [-0.4, -0.2) is 28.8 Å². The number of nitro groups is 1. The molecule has 0 radical (unpaired) electrons. The molecule has 0 aromatic heterocycles. The van der Waals surface area contributed by atoms with E-state index in [1.54, 1.807) is 12.1 Å². The van der Waals surface area contributed by atoms with Crippen LogP contribution in [0.3, 0.4) is 0 Å². The lowest BCUT2D eigenvalue weighted by molar-refractivity contribution is -0.385. The van der Waals surface area contributed by atoms with Crippen LogP contribution in [0.4, 0.5) is 5.69 Å². The zero-order valence-corrected chi connectivity index (χ0v) is 13.8. The van der Waals surface area contributed by atoms with E-state index in [9.17, 15) is 14.9 Å². The number of rotatable bonds is 6. The van der Waals surface area contributed by atoms with Gasteiger partial charge in [-0.25, -0.2) is 0 Å². The average Bonchev–Trinajstić information content (AvgIpc) is 2.52. The lowest BCUT2D eigenvalue weighted by atomic mass is 9.90. The Kier molecular flexibility index (Phi) is 5.71. The Morgan fingerprint density at radius 3 is 2.91 bits per heavy atom. The van der Waals surface area contributed by atoms with Gasteiger partial charge < -0.3 is 5.73 Å². The summed E-state index contributed by atoms with van der Waals surface area (Å²) in [6, 6.07) is 5.19. The number of nitro benzene ring substituents is 1. The molecule has 1 aromatic rings. The zero-order valence-electron chi connectivity index (χ0n) is 13.8. The molecule has 1 saturated heterocycles. The monoisotopic (exact) mass is 319 g/mol. The number of hydrogen-bond donors (Lipinski definition) is 1. The molecule has 2 rings (SSSR count). The molecule has 1 fully saturated rings. The van der Waals surface area contributed by atoms with Gasteiger partial charge in [0.25, 0.3) is 5.69 Å². The molecule has 0 aliphatic carbocycles. The lowest BCUT2D eigenvalue weighted by Gasteiger charge is -2.37. The highest BCUT2D eigenvalue weighted by Crippen LogP contribution is 2.31. The Bertz CT molecular complexity index is 588. The quantitative estimate of drug-likeness (QED) is 0.645. The summed E-state index contributed by atoms with van der Waals surface area (Å²) in [5.41, 5.74) is 7.46. The predicted molar refractivity (Wildman–Crippen MR) is 89.0 cm³/mol. The van der Waals surface area contributed by atoms with Crippen molar-refractivity contribution in [1.29, 1.82) is 0 Å². The van der Waals surface area contributed by atoms with Crippen LogP contribution in [0.2, 0.25) is 0 Å². The first-order chi connectivity index (χ1) is 10.9. The number of aryl methyl sites for hydroxylation is 1. The van der Waals surface area contributed by atoms with Gasteiger partial charge in [-0.1, -0.05) is 6.07 Å². The van der Waals surface area contributed by atoms with E-state index < -0.39 is 0 Å². The van der Waals surface area contributed by atoms with Gasteiger partial charge in [-0.2, -0.15) is 0 Å². The normalized spacial score (nSPS) is 20.2. The van der Waals surface area contributed by atoms with Gasteiger partial charge in [-0.05, 0) is 56.7 Å². The second kappa shape index (κ2) is 7.55. The molecule has 1 aromatic carbocycles. The Hall–Kier alpha value is -1.95. The standard InChI is InChI=1S/C17H25N3O3/c1-12-5-7-15(20(22)23)10-16(12)13(2)19-9-3-4-14(11-19)6-8-17(18)21/h5,7,10,13-14H,3-4,6,8-9,11H2,1-2H3,(H2,18,21)/t13-,14-/m1/s1. The fraction of sp³-hybridized carbons (Fsp3) is 0.588. The molecule has 6 heteroatoms. The number of amides is 1. The fourth-order valence-electron chi connectivity index (χ4n) is 3.42. The first-order valence-electron chi connectivity index (χ1n) is 8.15. The largest absolute Gasteiger partial charge is 0.370 e. The molecular formula is C17H25N3O3. The van der Waals surface area contributed by atoms with Crippen LogP contribution >= 0.6 is 0 Å². The van der Waals surface area contributed by atoms with Crippen molar-refractivity contribution < 1.29 is 9.72 Å². The predicted octanol–water partition coefficient (Wildman–Crippen LogP) is 2.94. The van der Waals surface area contributed by atoms with Crippen molar-refractivity contribution in [2.45, 2.75) is 45.6 Å². The Morgan fingerprint density at radius 2 is 2.26 bits per heavy atom. The van der Waals surface area contributed by atoms with Gasteiger partial charge in [-0.3, -0.25) is 19.8 Å². The number of carbonyl (C=O) groups excluding carboxylic acids is 1. The van der Waals surface area contributed by atoms with Gasteiger partial charge in [-0.15, -0.1) is 0 Å². The number of piperidine rings is 1. The number of nitrogens with two attached hydrogens (primary N) is 1. The zero-order chi connectivity index (χ0) is 17.0. The number of likely N-dealkylation sites (tertiary alicyclic amines) is 1. The van der Waals surface area contributed by atoms with Crippen molar-refractivity contribution in [2.75, 3.05) is 13.1 Å². The van der Waals surface area contributed by atoms with E-state index in [0.717, 1.165) is 43.5 Å². The second-order valence-electron chi connectivity index (χ2n) is 6.48. The van der Waals surface area contributed by atoms with Crippen molar-refractivity contribution in [3.05, 3.63) is 39.4 Å². The van der Waals surface area contributed by atoms with Crippen LogP contribution in [0.1, 0.15) is 49.8 Å². The van der Waals surface area contributed by atoms with Crippen LogP contribution in [-0.2, 0) is 4.79 Å². The van der Waals surface area contributed by atoms with Crippen LogP contribution in [0.15, 0.2) is 18.2 Å². The molecule has 1 heterocycles. The summed E-state index contributed by atoms with van der Waals surface area (Å²) in [7, 11) is 0. The average molecular weight is 319 g/mol. The molecule has 0 unspecified atom stereocenters. The third-order valence-electron chi connectivity index (χ3n) is 4.82. The third kappa shape index (κ3) is 4.51. The highest BCUT2D eigenvalue weighted by molar-refractivity contribution is 5.73. The molecule has 1 aliphatic heterocycles. The summed E-state index contributed by atoms with van der Waals surface area (Å²) in [6.45, 7) is 5.99. The third-order valence-corrected chi connectivity index (χ3v) is 4.82. The van der Waals surface area contributed by atoms with E-state index in [1.807, 2.05) is 13.0 Å². The van der Waals surface area contributed by atoms with Gasteiger partial charge in [0.1, 0.15) is 0 Å². The van der Waals surface area contributed by atoms with Crippen molar-refractivity contribution in [1.82, 2.24) is 4.90 Å². The smallest absolute Gasteiger partial charge is 0.269 e. The fourth-order valence-corrected chi connectivity index (χ4v) is 3.42. The van der Waals surface area contributed by atoms with Crippen LogP contribution in [0, 0.1) is 23.0 Å². The summed E-state index contributed by atoms with van der Waals surface area (Å²) in [4.78, 5) is 24.0. The summed E-state index contributed by atoms with van der Waals surface area (Å²) < 4.78 is 0. The molecule has 6 nitrogen and oxygen atoms in total. The maximum Gasteiger partial charge on any atom is 0.269 e. The molecule has 2 N–H and O–H groups in total. The molecule has 0 saturated carbocycles. The van der Waals surface area contributed by atoms with Crippen molar-refractivity contribution in [2.24, 2.45) is 11.7 Å². The number of non-ortho nitro benzene ring substituents is 1. The Morgan fingerprint density at radius 1 is 1.52 bits per heavy atom. The Balaban J connectivity index is 2.10. The molecule has 1 aliphatic rings. The minimum atomic E-state index is -0.346. The molecule has 0 spiro atoms. The van der Waals surface area contributed by atoms with E-state index in [-0.39, 0.29) is 22.6 Å². The second-order valence-corrected chi connectivity index (χ2v) is 6.48. The summed E-state index contributed by atoms with van der Waals surface area (Å²) in [6.07, 6.45) is 3.46. The topological polar surface area (TPSA) is 89.5 Å². The minimum absolute atomic E-state index is 0.131. The maximum atomic E-state index is 11.0. The lowest BCUT2D eigenvalue weighted by Crippen LogP contribution is -2.37. The van der Waals surface area contributed by atoms with Gasteiger partial charge in [0.15, 0.2) is 0 Å². The highest BCUT2D eigenvalue weighted by atomic mass is 16.6. The van der Waals surface area contributed by atoms with Gasteiger partial charge in [0, 0.05) is 31.1 Å². The van der Waals surface area contributed by atoms with Crippen molar-refractivity contribution in [3.63, 3.8) is 0 Å². The van der Waals surface area contributed by atoms with E-state index in [4.69, 9.17) is 5.73 Å². The Labute approximate surface area is 136 Å². The van der Waals surface area contributed by atoms with E-state index in [2.05, 4.69) is 11.8 Å². The number of benzene rings is 1. The molecule has 126 valence electrons. The number of nitrogens with zero attached hydrogens (tertiary/aromatic N) is 2. The molecule has 1 amide bonds. The van der Waals surface area contributed by atoms with Crippen LogP contribution in [0.5, 0.6) is 0 Å². The van der Waals surface area contributed by atoms with Crippen molar-refractivity contribution in [3.8, 4) is 0 Å². The first-order valence-corrected chi connectivity index (χ1v) is 8.15. The molecule has 0 bridgehead atoms. The number of primary amides is 1. The van der Waals surface area contributed by atoms with E-state index >= 15 is 0 Å². The van der Waals surface area contributed by atoms with Gasteiger partial charge >= 0.3 is 0 Å². The van der Waals surface area contributed by atoms with Crippen LogP contribution < -0.4 is 5.73 Å². The summed E-state index contributed by atoms with van der Waals surface area (Å²) >= 11 is 0. The maximum absolute atomic E-state index is 11.0. The van der Waals surface area contributed by atoms with Crippen LogP contribution in [0.25, 0.3) is 0 Å². The van der Waals surface area contributed by atoms with E-state index in [1.165, 1.54) is 0 Å². The molecular weight excluding hydrogens is 294 g/mol. The SMILES string of the molecule is Cc1ccc([N+](=O)[O-])cc1[C@@H](C)N1CCC[C@H](CCC(N)=O)C1. The van der Waals surface area contributed by atoms with Crippen molar-refractivity contribution >= 4 is 11.6 Å². The minimum Gasteiger partial charge on any atom is -0.370 e. The number of carbonyl (C=O) groups is 1.